The Morgan fingerprint density at radius 2 is 1.69 bits per heavy atom. The number of carbonyl (C=O) groups is 2. The lowest BCUT2D eigenvalue weighted by atomic mass is 10.0. The summed E-state index contributed by atoms with van der Waals surface area (Å²) >= 11 is 0. The highest BCUT2D eigenvalue weighted by Gasteiger charge is 2.35. The van der Waals surface area contributed by atoms with Gasteiger partial charge in [0.2, 0.25) is 5.91 Å². The SMILES string of the molecule is COc1ccccc1CN(C(=O)c1cccc([N+](=O)[O-])c1)C(Cc1ccccc1)C(=O)N1CCCC1. The molecule has 1 saturated heterocycles. The number of likely N-dealkylation sites (tertiary alicyclic amines) is 1. The number of carbonyl (C=O) groups excluding carboxylic acids is 2. The second kappa shape index (κ2) is 11.5. The molecule has 1 fully saturated rings. The molecule has 1 aliphatic rings. The summed E-state index contributed by atoms with van der Waals surface area (Å²) in [4.78, 5) is 42.0. The van der Waals surface area contributed by atoms with E-state index in [0.29, 0.717) is 25.3 Å². The number of methoxy groups -OCH3 is 1. The van der Waals surface area contributed by atoms with Crippen molar-refractivity contribution < 1.29 is 19.2 Å². The molecule has 3 aromatic rings. The molecule has 186 valence electrons. The molecule has 8 heteroatoms. The van der Waals surface area contributed by atoms with Crippen molar-refractivity contribution in [2.75, 3.05) is 20.2 Å². The highest BCUT2D eigenvalue weighted by Crippen LogP contribution is 2.26. The summed E-state index contributed by atoms with van der Waals surface area (Å²) in [5, 5.41) is 11.4. The number of rotatable bonds is 9. The van der Waals surface area contributed by atoms with E-state index in [0.717, 1.165) is 24.0 Å². The summed E-state index contributed by atoms with van der Waals surface area (Å²) in [7, 11) is 1.56. The van der Waals surface area contributed by atoms with Gasteiger partial charge < -0.3 is 14.5 Å². The van der Waals surface area contributed by atoms with E-state index in [9.17, 15) is 19.7 Å². The number of nitro groups is 1. The number of para-hydroxylation sites is 1. The van der Waals surface area contributed by atoms with Gasteiger partial charge in [-0.25, -0.2) is 0 Å². The van der Waals surface area contributed by atoms with E-state index >= 15 is 0 Å². The van der Waals surface area contributed by atoms with E-state index in [1.54, 1.807) is 19.2 Å². The summed E-state index contributed by atoms with van der Waals surface area (Å²) in [6.07, 6.45) is 2.18. The molecule has 0 N–H and O–H groups in total. The Labute approximate surface area is 210 Å². The number of nitro benzene ring substituents is 1. The molecular weight excluding hydrogens is 458 g/mol. The number of amides is 2. The Bertz CT molecular complexity index is 1220. The van der Waals surface area contributed by atoms with Crippen LogP contribution in [0.2, 0.25) is 0 Å². The van der Waals surface area contributed by atoms with E-state index in [-0.39, 0.29) is 23.7 Å². The van der Waals surface area contributed by atoms with Gasteiger partial charge in [0.05, 0.1) is 18.6 Å². The van der Waals surface area contributed by atoms with E-state index in [1.807, 2.05) is 53.4 Å². The Morgan fingerprint density at radius 1 is 1.00 bits per heavy atom. The van der Waals surface area contributed by atoms with Crippen LogP contribution in [-0.2, 0) is 17.8 Å². The monoisotopic (exact) mass is 487 g/mol. The van der Waals surface area contributed by atoms with Gasteiger partial charge in [0.1, 0.15) is 11.8 Å². The minimum atomic E-state index is -0.790. The van der Waals surface area contributed by atoms with Gasteiger partial charge >= 0.3 is 0 Å². The van der Waals surface area contributed by atoms with Gasteiger partial charge in [0.15, 0.2) is 0 Å². The van der Waals surface area contributed by atoms with Crippen LogP contribution in [0.5, 0.6) is 5.75 Å². The summed E-state index contributed by atoms with van der Waals surface area (Å²) in [6, 6.07) is 21.8. The van der Waals surface area contributed by atoms with E-state index < -0.39 is 16.9 Å². The molecule has 0 bridgehead atoms. The lowest BCUT2D eigenvalue weighted by Gasteiger charge is -2.34. The third-order valence-corrected chi connectivity index (χ3v) is 6.45. The molecule has 0 aromatic heterocycles. The fraction of sp³-hybridized carbons (Fsp3) is 0.286. The van der Waals surface area contributed by atoms with E-state index in [1.165, 1.54) is 23.1 Å². The predicted octanol–water partition coefficient (Wildman–Crippen LogP) is 4.48. The first-order valence-corrected chi connectivity index (χ1v) is 12.0. The fourth-order valence-corrected chi connectivity index (χ4v) is 4.58. The first-order valence-electron chi connectivity index (χ1n) is 12.0. The third-order valence-electron chi connectivity index (χ3n) is 6.45. The summed E-state index contributed by atoms with van der Waals surface area (Å²) in [5.74, 6) is 0.0320. The van der Waals surface area contributed by atoms with Crippen LogP contribution in [0, 0.1) is 10.1 Å². The summed E-state index contributed by atoms with van der Waals surface area (Å²) < 4.78 is 5.52. The van der Waals surface area contributed by atoms with Gasteiger partial charge in [0, 0.05) is 42.8 Å². The number of hydrogen-bond donors (Lipinski definition) is 0. The van der Waals surface area contributed by atoms with E-state index in [2.05, 4.69) is 0 Å². The number of ether oxygens (including phenoxy) is 1. The van der Waals surface area contributed by atoms with Crippen LogP contribution in [0.15, 0.2) is 78.9 Å². The first-order chi connectivity index (χ1) is 17.5. The molecular formula is C28H29N3O5. The highest BCUT2D eigenvalue weighted by atomic mass is 16.6. The Kier molecular flexibility index (Phi) is 7.95. The quantitative estimate of drug-likeness (QED) is 0.328. The lowest BCUT2D eigenvalue weighted by molar-refractivity contribution is -0.384. The highest BCUT2D eigenvalue weighted by molar-refractivity contribution is 5.98. The van der Waals surface area contributed by atoms with Crippen molar-refractivity contribution in [1.82, 2.24) is 9.80 Å². The van der Waals surface area contributed by atoms with Crippen molar-refractivity contribution in [2.45, 2.75) is 31.8 Å². The van der Waals surface area contributed by atoms with Crippen molar-refractivity contribution >= 4 is 17.5 Å². The van der Waals surface area contributed by atoms with Gasteiger partial charge in [-0.3, -0.25) is 19.7 Å². The zero-order valence-electron chi connectivity index (χ0n) is 20.2. The molecule has 8 nitrogen and oxygen atoms in total. The van der Waals surface area contributed by atoms with Crippen molar-refractivity contribution in [3.05, 3.63) is 106 Å². The van der Waals surface area contributed by atoms with Gasteiger partial charge in [-0.15, -0.1) is 0 Å². The molecule has 1 heterocycles. The average Bonchev–Trinajstić information content (AvgIpc) is 3.46. The van der Waals surface area contributed by atoms with Crippen LogP contribution in [0.25, 0.3) is 0 Å². The normalized spacial score (nSPS) is 13.8. The Morgan fingerprint density at radius 3 is 2.39 bits per heavy atom. The molecule has 1 aliphatic heterocycles. The molecule has 0 aliphatic carbocycles. The van der Waals surface area contributed by atoms with Crippen LogP contribution in [0.4, 0.5) is 5.69 Å². The standard InChI is InChI=1S/C28H29N3O5/c1-36-26-15-6-5-12-23(26)20-30(27(32)22-13-9-14-24(19-22)31(34)35)25(18-21-10-3-2-4-11-21)28(33)29-16-7-8-17-29/h2-6,9-15,19,25H,7-8,16-18,20H2,1H3. The van der Waals surface area contributed by atoms with Crippen LogP contribution >= 0.6 is 0 Å². The number of benzene rings is 3. The molecule has 1 unspecified atom stereocenters. The Hall–Kier alpha value is -4.20. The number of nitrogens with zero attached hydrogens (tertiary/aromatic N) is 3. The second-order valence-corrected chi connectivity index (χ2v) is 8.79. The van der Waals surface area contributed by atoms with Crippen molar-refractivity contribution in [1.29, 1.82) is 0 Å². The second-order valence-electron chi connectivity index (χ2n) is 8.79. The first kappa shape index (κ1) is 24.9. The van der Waals surface area contributed by atoms with Crippen molar-refractivity contribution in [2.24, 2.45) is 0 Å². The number of hydrogen-bond acceptors (Lipinski definition) is 5. The maximum atomic E-state index is 14.0. The Balaban J connectivity index is 1.79. The lowest BCUT2D eigenvalue weighted by Crippen LogP contribution is -2.51. The van der Waals surface area contributed by atoms with Gasteiger partial charge in [0.25, 0.3) is 11.6 Å². The molecule has 2 amide bonds. The molecule has 3 aromatic carbocycles. The molecule has 0 radical (unpaired) electrons. The zero-order chi connectivity index (χ0) is 25.5. The smallest absolute Gasteiger partial charge is 0.270 e. The van der Waals surface area contributed by atoms with Crippen LogP contribution in [0.1, 0.15) is 34.3 Å². The summed E-state index contributed by atoms with van der Waals surface area (Å²) in [5.41, 5.74) is 1.65. The number of non-ortho nitro benzene ring substituents is 1. The van der Waals surface area contributed by atoms with Gasteiger partial charge in [-0.2, -0.15) is 0 Å². The maximum absolute atomic E-state index is 14.0. The zero-order valence-corrected chi connectivity index (χ0v) is 20.2. The topological polar surface area (TPSA) is 93.0 Å². The van der Waals surface area contributed by atoms with Crippen LogP contribution in [0.3, 0.4) is 0 Å². The fourth-order valence-electron chi connectivity index (χ4n) is 4.58. The third kappa shape index (κ3) is 5.71. The minimum absolute atomic E-state index is 0.114. The molecule has 0 saturated carbocycles. The largest absolute Gasteiger partial charge is 0.496 e. The van der Waals surface area contributed by atoms with E-state index in [4.69, 9.17) is 4.74 Å². The van der Waals surface area contributed by atoms with Gasteiger partial charge in [-0.05, 0) is 30.5 Å². The predicted molar refractivity (Wildman–Crippen MR) is 136 cm³/mol. The van der Waals surface area contributed by atoms with Crippen LogP contribution < -0.4 is 4.74 Å². The molecule has 36 heavy (non-hydrogen) atoms. The molecule has 4 rings (SSSR count). The average molecular weight is 488 g/mol. The van der Waals surface area contributed by atoms with Gasteiger partial charge in [-0.1, -0.05) is 54.6 Å². The maximum Gasteiger partial charge on any atom is 0.270 e. The van der Waals surface area contributed by atoms with Crippen molar-refractivity contribution in [3.8, 4) is 5.75 Å². The molecule has 1 atom stereocenters. The minimum Gasteiger partial charge on any atom is -0.496 e. The van der Waals surface area contributed by atoms with Crippen molar-refractivity contribution in [3.63, 3.8) is 0 Å². The molecule has 0 spiro atoms. The summed E-state index contributed by atoms with van der Waals surface area (Å²) in [6.45, 7) is 1.41. The van der Waals surface area contributed by atoms with Crippen LogP contribution in [-0.4, -0.2) is 52.8 Å².